The van der Waals surface area contributed by atoms with Crippen molar-refractivity contribution in [2.24, 2.45) is 17.8 Å². The molecule has 1 heterocycles. The molecule has 2 aliphatic carbocycles. The van der Waals surface area contributed by atoms with Crippen molar-refractivity contribution in [1.29, 1.82) is 0 Å². The molecule has 0 aromatic heterocycles. The van der Waals surface area contributed by atoms with Crippen molar-refractivity contribution in [2.45, 2.75) is 32.3 Å². The topological polar surface area (TPSA) is 9.23 Å². The van der Waals surface area contributed by atoms with Crippen LogP contribution >= 0.6 is 0 Å². The number of rotatable bonds is 0. The molecule has 0 saturated heterocycles. The molecule has 0 spiro atoms. The number of ether oxygens (including phenoxy) is 1. The first-order valence-electron chi connectivity index (χ1n) is 5.35. The van der Waals surface area contributed by atoms with E-state index in [9.17, 15) is 0 Å². The Kier molecular flexibility index (Phi) is 1.55. The van der Waals surface area contributed by atoms with Gasteiger partial charge in [-0.3, -0.25) is 0 Å². The summed E-state index contributed by atoms with van der Waals surface area (Å²) in [6.45, 7) is 2.17. The van der Waals surface area contributed by atoms with E-state index in [1.54, 1.807) is 5.57 Å². The van der Waals surface area contributed by atoms with Gasteiger partial charge in [-0.05, 0) is 38.2 Å². The molecule has 2 fully saturated rings. The second kappa shape index (κ2) is 2.63. The van der Waals surface area contributed by atoms with Crippen LogP contribution in [0, 0.1) is 17.8 Å². The van der Waals surface area contributed by atoms with Crippen molar-refractivity contribution in [2.75, 3.05) is 0 Å². The van der Waals surface area contributed by atoms with Gasteiger partial charge < -0.3 is 4.74 Å². The van der Waals surface area contributed by atoms with Gasteiger partial charge in [-0.1, -0.05) is 11.6 Å². The van der Waals surface area contributed by atoms with E-state index in [-0.39, 0.29) is 0 Å². The summed E-state index contributed by atoms with van der Waals surface area (Å²) in [7, 11) is 0. The summed E-state index contributed by atoms with van der Waals surface area (Å²) in [5.41, 5.74) is 1.65. The predicted octanol–water partition coefficient (Wildman–Crippen LogP) is 2.89. The number of allylic oxidation sites excluding steroid dienone is 2. The lowest BCUT2D eigenvalue weighted by Gasteiger charge is -2.33. The molecule has 1 aliphatic heterocycles. The third kappa shape index (κ3) is 0.932. The molecule has 70 valence electrons. The molecule has 0 aromatic rings. The summed E-state index contributed by atoms with van der Waals surface area (Å²) >= 11 is 0. The highest BCUT2D eigenvalue weighted by Crippen LogP contribution is 2.54. The van der Waals surface area contributed by atoms with Crippen LogP contribution in [0.3, 0.4) is 0 Å². The van der Waals surface area contributed by atoms with Crippen LogP contribution in [0.4, 0.5) is 0 Å². The lowest BCUT2D eigenvalue weighted by atomic mass is 9.80. The van der Waals surface area contributed by atoms with Crippen LogP contribution in [0.2, 0.25) is 0 Å². The zero-order valence-electron chi connectivity index (χ0n) is 8.07. The van der Waals surface area contributed by atoms with E-state index in [0.717, 1.165) is 17.8 Å². The second-order valence-corrected chi connectivity index (χ2v) is 4.54. The summed E-state index contributed by atoms with van der Waals surface area (Å²) in [6, 6.07) is 0. The SMILES string of the molecule is CC=C1CC2CC1C1OC=CCC21. The minimum absolute atomic E-state index is 0.523. The molecule has 4 atom stereocenters. The maximum absolute atomic E-state index is 5.75. The highest BCUT2D eigenvalue weighted by atomic mass is 16.5. The minimum atomic E-state index is 0.523. The Bertz CT molecular complexity index is 277. The summed E-state index contributed by atoms with van der Waals surface area (Å²) < 4.78 is 5.75. The first-order chi connectivity index (χ1) is 6.40. The van der Waals surface area contributed by atoms with Crippen LogP contribution in [0.25, 0.3) is 0 Å². The minimum Gasteiger partial charge on any atom is -0.497 e. The van der Waals surface area contributed by atoms with Gasteiger partial charge in [-0.2, -0.15) is 0 Å². The third-order valence-electron chi connectivity index (χ3n) is 4.07. The number of hydrogen-bond donors (Lipinski definition) is 0. The molecule has 0 aromatic carbocycles. The van der Waals surface area contributed by atoms with Crippen molar-refractivity contribution in [3.05, 3.63) is 24.0 Å². The van der Waals surface area contributed by atoms with E-state index in [2.05, 4.69) is 19.1 Å². The highest BCUT2D eigenvalue weighted by Gasteiger charge is 2.51. The van der Waals surface area contributed by atoms with E-state index in [1.165, 1.54) is 19.3 Å². The Labute approximate surface area is 79.5 Å². The van der Waals surface area contributed by atoms with Crippen LogP contribution in [-0.2, 0) is 4.74 Å². The monoisotopic (exact) mass is 176 g/mol. The average Bonchev–Trinajstić information content (AvgIpc) is 2.75. The van der Waals surface area contributed by atoms with Gasteiger partial charge in [-0.15, -0.1) is 0 Å². The first-order valence-corrected chi connectivity index (χ1v) is 5.35. The summed E-state index contributed by atoms with van der Waals surface area (Å²) in [4.78, 5) is 0. The van der Waals surface area contributed by atoms with Crippen LogP contribution in [0.5, 0.6) is 0 Å². The fourth-order valence-electron chi connectivity index (χ4n) is 3.47. The van der Waals surface area contributed by atoms with E-state index in [4.69, 9.17) is 4.74 Å². The highest BCUT2D eigenvalue weighted by molar-refractivity contribution is 5.22. The molecule has 0 amide bonds. The fraction of sp³-hybridized carbons (Fsp3) is 0.667. The normalized spacial score (nSPS) is 49.5. The maximum atomic E-state index is 5.75. The fourth-order valence-corrected chi connectivity index (χ4v) is 3.47. The van der Waals surface area contributed by atoms with Crippen molar-refractivity contribution in [1.82, 2.24) is 0 Å². The first kappa shape index (κ1) is 7.66. The molecule has 2 saturated carbocycles. The number of fused-ring (bicyclic) bond motifs is 5. The van der Waals surface area contributed by atoms with Crippen molar-refractivity contribution in [3.8, 4) is 0 Å². The van der Waals surface area contributed by atoms with Crippen LogP contribution in [0.1, 0.15) is 26.2 Å². The third-order valence-corrected chi connectivity index (χ3v) is 4.07. The van der Waals surface area contributed by atoms with Gasteiger partial charge in [0.25, 0.3) is 0 Å². The molecule has 2 bridgehead atoms. The van der Waals surface area contributed by atoms with Crippen molar-refractivity contribution >= 4 is 0 Å². The lowest BCUT2D eigenvalue weighted by Crippen LogP contribution is -2.31. The molecule has 3 rings (SSSR count). The Morgan fingerprint density at radius 2 is 2.46 bits per heavy atom. The van der Waals surface area contributed by atoms with Gasteiger partial charge in [0.05, 0.1) is 6.26 Å². The van der Waals surface area contributed by atoms with E-state index in [0.29, 0.717) is 6.10 Å². The average molecular weight is 176 g/mol. The summed E-state index contributed by atoms with van der Waals surface area (Å²) in [6.07, 6.45) is 10.9. The zero-order valence-corrected chi connectivity index (χ0v) is 8.07. The zero-order chi connectivity index (χ0) is 8.84. The van der Waals surface area contributed by atoms with Gasteiger partial charge in [0.15, 0.2) is 0 Å². The molecule has 1 nitrogen and oxygen atoms in total. The van der Waals surface area contributed by atoms with Crippen LogP contribution < -0.4 is 0 Å². The second-order valence-electron chi connectivity index (χ2n) is 4.54. The molecule has 0 N–H and O–H groups in total. The Morgan fingerprint density at radius 3 is 3.31 bits per heavy atom. The van der Waals surface area contributed by atoms with Crippen LogP contribution in [-0.4, -0.2) is 6.10 Å². The molecular formula is C12H16O. The smallest absolute Gasteiger partial charge is 0.108 e. The molecule has 3 aliphatic rings. The van der Waals surface area contributed by atoms with Crippen molar-refractivity contribution < 1.29 is 4.74 Å². The Hall–Kier alpha value is -0.720. The maximum Gasteiger partial charge on any atom is 0.108 e. The molecule has 1 heteroatoms. The number of hydrogen-bond acceptors (Lipinski definition) is 1. The van der Waals surface area contributed by atoms with Crippen molar-refractivity contribution in [3.63, 3.8) is 0 Å². The molecular weight excluding hydrogens is 160 g/mol. The van der Waals surface area contributed by atoms with Gasteiger partial charge in [0, 0.05) is 11.8 Å². The van der Waals surface area contributed by atoms with Crippen LogP contribution in [0.15, 0.2) is 24.0 Å². The van der Waals surface area contributed by atoms with Gasteiger partial charge in [-0.25, -0.2) is 0 Å². The van der Waals surface area contributed by atoms with Gasteiger partial charge >= 0.3 is 0 Å². The molecule has 0 radical (unpaired) electrons. The predicted molar refractivity (Wildman–Crippen MR) is 52.1 cm³/mol. The largest absolute Gasteiger partial charge is 0.497 e. The standard InChI is InChI=1S/C12H16O/c1-2-8-6-9-7-11(8)12-10(9)4-3-5-13-12/h2-3,5,9-12H,4,6-7H2,1H3. The lowest BCUT2D eigenvalue weighted by molar-refractivity contribution is 0.0480. The summed E-state index contributed by atoms with van der Waals surface area (Å²) in [5, 5.41) is 0. The Balaban J connectivity index is 1.92. The van der Waals surface area contributed by atoms with E-state index in [1.807, 2.05) is 6.26 Å². The van der Waals surface area contributed by atoms with Gasteiger partial charge in [0.2, 0.25) is 0 Å². The Morgan fingerprint density at radius 1 is 1.54 bits per heavy atom. The van der Waals surface area contributed by atoms with E-state index >= 15 is 0 Å². The summed E-state index contributed by atoms with van der Waals surface area (Å²) in [5.74, 6) is 2.51. The molecule has 4 unspecified atom stereocenters. The van der Waals surface area contributed by atoms with E-state index < -0.39 is 0 Å². The quantitative estimate of drug-likeness (QED) is 0.516. The molecule has 13 heavy (non-hydrogen) atoms. The van der Waals surface area contributed by atoms with Gasteiger partial charge in [0.1, 0.15) is 6.10 Å².